The van der Waals surface area contributed by atoms with E-state index in [0.717, 1.165) is 28.9 Å². The molecule has 2 aromatic rings. The Balaban J connectivity index is 2.37. The third-order valence-electron chi connectivity index (χ3n) is 4.35. The Hall–Kier alpha value is -2.82. The first-order valence-corrected chi connectivity index (χ1v) is 8.67. The first kappa shape index (κ1) is 19.5. The normalized spacial score (nSPS) is 12.4. The van der Waals surface area contributed by atoms with Crippen LogP contribution in [0.1, 0.15) is 43.9 Å². The molecule has 138 valence electrons. The number of benzene rings is 1. The lowest BCUT2D eigenvalue weighted by Gasteiger charge is -2.29. The minimum Gasteiger partial charge on any atom is -0.465 e. The van der Waals surface area contributed by atoms with E-state index in [1.54, 1.807) is 0 Å². The summed E-state index contributed by atoms with van der Waals surface area (Å²) in [5, 5.41) is 11.6. The van der Waals surface area contributed by atoms with Gasteiger partial charge in [-0.15, -0.1) is 6.58 Å². The van der Waals surface area contributed by atoms with Gasteiger partial charge in [-0.3, -0.25) is 4.98 Å². The maximum Gasteiger partial charge on any atom is 0.405 e. The molecule has 1 atom stereocenters. The Kier molecular flexibility index (Phi) is 6.03. The van der Waals surface area contributed by atoms with E-state index < -0.39 is 11.6 Å². The molecule has 1 heterocycles. The van der Waals surface area contributed by atoms with Crippen LogP contribution in [0.3, 0.4) is 0 Å². The van der Waals surface area contributed by atoms with Gasteiger partial charge < -0.3 is 16.2 Å². The number of anilines is 1. The van der Waals surface area contributed by atoms with Crippen molar-refractivity contribution >= 4 is 11.8 Å². The zero-order valence-corrected chi connectivity index (χ0v) is 15.6. The predicted molar refractivity (Wildman–Crippen MR) is 106 cm³/mol. The van der Waals surface area contributed by atoms with Crippen molar-refractivity contribution in [1.29, 1.82) is 0 Å². The summed E-state index contributed by atoms with van der Waals surface area (Å²) in [4.78, 5) is 15.6. The number of carboxylic acid groups (broad SMARTS) is 1. The number of aromatic nitrogens is 1. The Morgan fingerprint density at radius 2 is 2.12 bits per heavy atom. The van der Waals surface area contributed by atoms with Crippen LogP contribution < -0.4 is 11.1 Å². The van der Waals surface area contributed by atoms with Crippen LogP contribution in [0, 0.1) is 6.92 Å². The van der Waals surface area contributed by atoms with Gasteiger partial charge >= 0.3 is 6.09 Å². The largest absolute Gasteiger partial charge is 0.465 e. The second-order valence-corrected chi connectivity index (χ2v) is 7.26. The topological polar surface area (TPSA) is 88.2 Å². The number of nitrogens with one attached hydrogen (secondary N) is 1. The smallest absolute Gasteiger partial charge is 0.405 e. The van der Waals surface area contributed by atoms with Crippen molar-refractivity contribution in [3.05, 3.63) is 60.3 Å². The van der Waals surface area contributed by atoms with E-state index in [1.807, 2.05) is 51.1 Å². The summed E-state index contributed by atoms with van der Waals surface area (Å²) in [7, 11) is 0. The number of aryl methyl sites for hydroxylation is 1. The lowest BCUT2D eigenvalue weighted by Crippen LogP contribution is -2.43. The van der Waals surface area contributed by atoms with Crippen LogP contribution in [-0.2, 0) is 0 Å². The average Bonchev–Trinajstić information content (AvgIpc) is 2.55. The standard InChI is InChI=1S/C21H27N3O2/c1-5-7-17(13-21(3,4)24-20(25)26)15-8-6-9-16(12-15)19-18(22)11-10-14(2)23-19/h5-6,8-12,17,24H,1,7,13,22H2,2-4H3,(H,25,26)/t17-/m0/s1. The van der Waals surface area contributed by atoms with Crippen LogP contribution in [-0.4, -0.2) is 21.7 Å². The van der Waals surface area contributed by atoms with E-state index >= 15 is 0 Å². The van der Waals surface area contributed by atoms with Crippen LogP contribution in [0.4, 0.5) is 10.5 Å². The summed E-state index contributed by atoms with van der Waals surface area (Å²) >= 11 is 0. The summed E-state index contributed by atoms with van der Waals surface area (Å²) < 4.78 is 0. The number of nitrogens with zero attached hydrogens (tertiary/aromatic N) is 1. The summed E-state index contributed by atoms with van der Waals surface area (Å²) in [6.07, 6.45) is 2.27. The third-order valence-corrected chi connectivity index (χ3v) is 4.35. The molecule has 0 bridgehead atoms. The van der Waals surface area contributed by atoms with Crippen LogP contribution in [0.15, 0.2) is 49.1 Å². The minimum atomic E-state index is -1.02. The molecule has 0 radical (unpaired) electrons. The fraction of sp³-hybridized carbons (Fsp3) is 0.333. The van der Waals surface area contributed by atoms with E-state index in [0.29, 0.717) is 12.1 Å². The number of allylic oxidation sites excluding steroid dienone is 1. The van der Waals surface area contributed by atoms with Crippen molar-refractivity contribution in [2.75, 3.05) is 5.73 Å². The lowest BCUT2D eigenvalue weighted by atomic mass is 9.83. The molecule has 0 fully saturated rings. The average molecular weight is 353 g/mol. The molecule has 0 aliphatic heterocycles. The van der Waals surface area contributed by atoms with Gasteiger partial charge in [-0.2, -0.15) is 0 Å². The second-order valence-electron chi connectivity index (χ2n) is 7.26. The first-order chi connectivity index (χ1) is 12.2. The molecule has 5 nitrogen and oxygen atoms in total. The third kappa shape index (κ3) is 5.09. The number of pyridine rings is 1. The van der Waals surface area contributed by atoms with Gasteiger partial charge in [0.25, 0.3) is 0 Å². The number of carbonyl (C=O) groups is 1. The van der Waals surface area contributed by atoms with Gasteiger partial charge in [-0.05, 0) is 63.3 Å². The highest BCUT2D eigenvalue weighted by atomic mass is 16.4. The van der Waals surface area contributed by atoms with Gasteiger partial charge in [0, 0.05) is 16.8 Å². The van der Waals surface area contributed by atoms with Gasteiger partial charge in [-0.1, -0.05) is 24.3 Å². The van der Waals surface area contributed by atoms with E-state index in [2.05, 4.69) is 29.0 Å². The molecule has 0 saturated carbocycles. The van der Waals surface area contributed by atoms with E-state index in [-0.39, 0.29) is 5.92 Å². The summed E-state index contributed by atoms with van der Waals surface area (Å²) in [6, 6.07) is 11.9. The molecule has 0 aliphatic rings. The van der Waals surface area contributed by atoms with Crippen molar-refractivity contribution in [3.63, 3.8) is 0 Å². The zero-order chi connectivity index (χ0) is 19.3. The Bertz CT molecular complexity index is 800. The fourth-order valence-corrected chi connectivity index (χ4v) is 3.23. The molecule has 5 heteroatoms. The van der Waals surface area contributed by atoms with Crippen molar-refractivity contribution in [3.8, 4) is 11.3 Å². The SMILES string of the molecule is C=CC[C@@H](CC(C)(C)NC(=O)O)c1cccc(-c2nc(C)ccc2N)c1. The molecule has 0 spiro atoms. The molecule has 0 unspecified atom stereocenters. The number of nitrogens with two attached hydrogens (primary N) is 1. The maximum absolute atomic E-state index is 11.0. The summed E-state index contributed by atoms with van der Waals surface area (Å²) in [5.74, 6) is 0.139. The van der Waals surface area contributed by atoms with Gasteiger partial charge in [0.1, 0.15) is 0 Å². The molecule has 4 N–H and O–H groups in total. The van der Waals surface area contributed by atoms with Gasteiger partial charge in [-0.25, -0.2) is 4.79 Å². The quantitative estimate of drug-likeness (QED) is 0.628. The Labute approximate surface area is 155 Å². The van der Waals surface area contributed by atoms with Gasteiger partial charge in [0.05, 0.1) is 11.4 Å². The van der Waals surface area contributed by atoms with Crippen LogP contribution >= 0.6 is 0 Å². The van der Waals surface area contributed by atoms with Crippen molar-refractivity contribution in [2.45, 2.75) is 45.1 Å². The van der Waals surface area contributed by atoms with E-state index in [1.165, 1.54) is 0 Å². The van der Waals surface area contributed by atoms with Crippen molar-refractivity contribution in [1.82, 2.24) is 10.3 Å². The van der Waals surface area contributed by atoms with E-state index in [9.17, 15) is 4.79 Å². The molecule has 1 aromatic carbocycles. The lowest BCUT2D eigenvalue weighted by molar-refractivity contribution is 0.179. The maximum atomic E-state index is 11.0. The molecule has 1 amide bonds. The summed E-state index contributed by atoms with van der Waals surface area (Å²) in [6.45, 7) is 9.57. The minimum absolute atomic E-state index is 0.139. The molecular formula is C21H27N3O2. The first-order valence-electron chi connectivity index (χ1n) is 8.67. The zero-order valence-electron chi connectivity index (χ0n) is 15.6. The number of rotatable bonds is 7. The van der Waals surface area contributed by atoms with Gasteiger partial charge in [0.15, 0.2) is 0 Å². The van der Waals surface area contributed by atoms with Crippen LogP contribution in [0.2, 0.25) is 0 Å². The van der Waals surface area contributed by atoms with Crippen LogP contribution in [0.5, 0.6) is 0 Å². The summed E-state index contributed by atoms with van der Waals surface area (Å²) in [5.41, 5.74) is 9.96. The number of amides is 1. The molecule has 0 aliphatic carbocycles. The molecule has 1 aromatic heterocycles. The van der Waals surface area contributed by atoms with Gasteiger partial charge in [0.2, 0.25) is 0 Å². The van der Waals surface area contributed by atoms with Crippen molar-refractivity contribution < 1.29 is 9.90 Å². The molecule has 2 rings (SSSR count). The molecular weight excluding hydrogens is 326 g/mol. The number of nitrogen functional groups attached to an aromatic ring is 1. The highest BCUT2D eigenvalue weighted by molar-refractivity contribution is 5.73. The Morgan fingerprint density at radius 1 is 1.38 bits per heavy atom. The fourth-order valence-electron chi connectivity index (χ4n) is 3.23. The monoisotopic (exact) mass is 353 g/mol. The molecule has 0 saturated heterocycles. The Morgan fingerprint density at radius 3 is 2.77 bits per heavy atom. The highest BCUT2D eigenvalue weighted by Crippen LogP contribution is 2.33. The second kappa shape index (κ2) is 8.04. The number of hydrogen-bond acceptors (Lipinski definition) is 3. The van der Waals surface area contributed by atoms with Crippen LogP contribution in [0.25, 0.3) is 11.3 Å². The van der Waals surface area contributed by atoms with Crippen molar-refractivity contribution in [2.24, 2.45) is 0 Å². The van der Waals surface area contributed by atoms with E-state index in [4.69, 9.17) is 10.8 Å². The number of hydrogen-bond donors (Lipinski definition) is 3. The predicted octanol–water partition coefficient (Wildman–Crippen LogP) is 4.74. The highest BCUT2D eigenvalue weighted by Gasteiger charge is 2.25. The molecule has 26 heavy (non-hydrogen) atoms.